The number of carbonyl (C=O) groups is 1. The first kappa shape index (κ1) is 20.8. The molecule has 1 aromatic carbocycles. The Morgan fingerprint density at radius 3 is 2.45 bits per heavy atom. The van der Waals surface area contributed by atoms with E-state index in [9.17, 15) is 22.8 Å². The molecule has 2 heterocycles. The van der Waals surface area contributed by atoms with Gasteiger partial charge in [0.2, 0.25) is 0 Å². The molecule has 0 saturated heterocycles. The molecular formula is C19H16F3N3O3S. The molecule has 10 heteroatoms. The lowest BCUT2D eigenvalue weighted by Crippen LogP contribution is -2.17. The van der Waals surface area contributed by atoms with Gasteiger partial charge >= 0.3 is 12.1 Å². The number of ether oxygens (including phenoxy) is 1. The number of halogens is 3. The fourth-order valence-electron chi connectivity index (χ4n) is 2.78. The van der Waals surface area contributed by atoms with E-state index in [1.54, 1.807) is 19.1 Å². The first-order valence-electron chi connectivity index (χ1n) is 8.44. The smallest absolute Gasteiger partial charge is 0.433 e. The molecule has 0 fully saturated rings. The number of hydrogen-bond donors (Lipinski definition) is 1. The van der Waals surface area contributed by atoms with Crippen LogP contribution in [0.25, 0.3) is 11.0 Å². The van der Waals surface area contributed by atoms with Crippen LogP contribution >= 0.6 is 11.8 Å². The number of nitrogens with zero attached hydrogens (tertiary/aromatic N) is 2. The fraction of sp³-hybridized carbons (Fsp3) is 0.263. The van der Waals surface area contributed by atoms with Gasteiger partial charge in [0.15, 0.2) is 11.3 Å². The summed E-state index contributed by atoms with van der Waals surface area (Å²) in [5.41, 5.74) is -1.66. The number of aromatic nitrogens is 3. The lowest BCUT2D eigenvalue weighted by molar-refractivity contribution is -0.141. The number of aromatic amines is 1. The third-order valence-electron chi connectivity index (χ3n) is 4.14. The molecule has 3 aromatic rings. The van der Waals surface area contributed by atoms with Gasteiger partial charge in [0.25, 0.3) is 5.56 Å². The number of carbonyl (C=O) groups excluding carboxylic acids is 1. The number of hydrogen-bond acceptors (Lipinski definition) is 6. The van der Waals surface area contributed by atoms with E-state index < -0.39 is 28.6 Å². The Labute approximate surface area is 167 Å². The van der Waals surface area contributed by atoms with Crippen LogP contribution in [0.3, 0.4) is 0 Å². The molecule has 1 atom stereocenters. The summed E-state index contributed by atoms with van der Waals surface area (Å²) in [7, 11) is 1.26. The summed E-state index contributed by atoms with van der Waals surface area (Å²) in [4.78, 5) is 34.3. The average molecular weight is 423 g/mol. The molecular weight excluding hydrogens is 407 g/mol. The van der Waals surface area contributed by atoms with Gasteiger partial charge in [0, 0.05) is 10.1 Å². The zero-order valence-electron chi connectivity index (χ0n) is 15.6. The molecule has 1 N–H and O–H groups in total. The number of alkyl halides is 3. The molecule has 29 heavy (non-hydrogen) atoms. The molecule has 0 aliphatic carbocycles. The summed E-state index contributed by atoms with van der Waals surface area (Å²) in [6.45, 7) is 3.06. The lowest BCUT2D eigenvalue weighted by atomic mass is 10.1. The van der Waals surface area contributed by atoms with Crippen molar-refractivity contribution in [1.82, 2.24) is 15.0 Å². The number of nitrogens with one attached hydrogen (secondary N) is 1. The number of rotatable bonds is 4. The summed E-state index contributed by atoms with van der Waals surface area (Å²) < 4.78 is 45.5. The molecule has 152 valence electrons. The zero-order valence-corrected chi connectivity index (χ0v) is 16.4. The van der Waals surface area contributed by atoms with E-state index in [1.165, 1.54) is 32.2 Å². The molecule has 0 bridgehead atoms. The molecule has 0 amide bonds. The van der Waals surface area contributed by atoms with Gasteiger partial charge in [0.05, 0.1) is 18.1 Å². The Bertz CT molecular complexity index is 1130. The highest BCUT2D eigenvalue weighted by atomic mass is 32.2. The number of aryl methyl sites for hydroxylation is 1. The normalized spacial score (nSPS) is 12.8. The van der Waals surface area contributed by atoms with E-state index in [1.807, 2.05) is 0 Å². The van der Waals surface area contributed by atoms with Crippen molar-refractivity contribution in [3.05, 3.63) is 63.3 Å². The van der Waals surface area contributed by atoms with Crippen molar-refractivity contribution in [3.8, 4) is 0 Å². The van der Waals surface area contributed by atoms with E-state index in [4.69, 9.17) is 0 Å². The Morgan fingerprint density at radius 1 is 1.21 bits per heavy atom. The highest BCUT2D eigenvalue weighted by molar-refractivity contribution is 7.99. The molecule has 3 rings (SSSR count). The number of benzene rings is 1. The maximum atomic E-state index is 13.6. The van der Waals surface area contributed by atoms with Crippen LogP contribution in [0.1, 0.15) is 39.6 Å². The van der Waals surface area contributed by atoms with Crippen LogP contribution in [0.2, 0.25) is 0 Å². The maximum absolute atomic E-state index is 13.6. The van der Waals surface area contributed by atoms with Crippen LogP contribution in [0.15, 0.2) is 40.0 Å². The van der Waals surface area contributed by atoms with Crippen LogP contribution in [-0.4, -0.2) is 28.0 Å². The van der Waals surface area contributed by atoms with Crippen molar-refractivity contribution >= 4 is 28.8 Å². The first-order chi connectivity index (χ1) is 13.6. The average Bonchev–Trinajstić information content (AvgIpc) is 2.66. The third-order valence-corrected chi connectivity index (χ3v) is 5.29. The standard InChI is InChI=1S/C19H16F3N3O3S/c1-9(29-12-6-4-11(5-7-12)18(27)28-3)13-8-14-16(23-10(2)24-17(14)26)25-15(13)19(20,21)22/h4-9H,1-3H3,(H,23,24,25,26)/t9-/m0/s1. The van der Waals surface area contributed by atoms with Crippen LogP contribution in [0.5, 0.6) is 0 Å². The quantitative estimate of drug-likeness (QED) is 0.498. The minimum atomic E-state index is -4.70. The molecule has 0 saturated carbocycles. The molecule has 0 aliphatic heterocycles. The Morgan fingerprint density at radius 2 is 1.86 bits per heavy atom. The monoisotopic (exact) mass is 423 g/mol. The predicted octanol–water partition coefficient (Wildman–Crippen LogP) is 4.29. The van der Waals surface area contributed by atoms with Crippen LogP contribution in [0.4, 0.5) is 13.2 Å². The number of pyridine rings is 1. The van der Waals surface area contributed by atoms with Crippen LogP contribution in [-0.2, 0) is 10.9 Å². The highest BCUT2D eigenvalue weighted by Gasteiger charge is 2.37. The minimum Gasteiger partial charge on any atom is -0.465 e. The van der Waals surface area contributed by atoms with Gasteiger partial charge in [-0.2, -0.15) is 13.2 Å². The largest absolute Gasteiger partial charge is 0.465 e. The lowest BCUT2D eigenvalue weighted by Gasteiger charge is -2.18. The Kier molecular flexibility index (Phi) is 5.65. The summed E-state index contributed by atoms with van der Waals surface area (Å²) in [5, 5.41) is -0.680. The Balaban J connectivity index is 2.03. The second-order valence-corrected chi connectivity index (χ2v) is 7.64. The van der Waals surface area contributed by atoms with Gasteiger partial charge in [-0.1, -0.05) is 0 Å². The number of methoxy groups -OCH3 is 1. The van der Waals surface area contributed by atoms with Gasteiger partial charge in [-0.05, 0) is 49.7 Å². The second-order valence-electron chi connectivity index (χ2n) is 6.22. The molecule has 0 aliphatic rings. The van der Waals surface area contributed by atoms with Gasteiger partial charge in [-0.15, -0.1) is 11.8 Å². The highest BCUT2D eigenvalue weighted by Crippen LogP contribution is 2.41. The molecule has 6 nitrogen and oxygen atoms in total. The maximum Gasteiger partial charge on any atom is 0.433 e. The van der Waals surface area contributed by atoms with Crippen molar-refractivity contribution in [2.24, 2.45) is 0 Å². The van der Waals surface area contributed by atoms with Crippen molar-refractivity contribution in [2.45, 2.75) is 30.2 Å². The summed E-state index contributed by atoms with van der Waals surface area (Å²) in [6.07, 6.45) is -4.70. The summed E-state index contributed by atoms with van der Waals surface area (Å²) in [5.74, 6) is -0.321. The topological polar surface area (TPSA) is 84.9 Å². The van der Waals surface area contributed by atoms with E-state index >= 15 is 0 Å². The zero-order chi connectivity index (χ0) is 21.3. The molecule has 0 unspecified atom stereocenters. The van der Waals surface area contributed by atoms with E-state index in [-0.39, 0.29) is 22.4 Å². The van der Waals surface area contributed by atoms with Crippen molar-refractivity contribution in [3.63, 3.8) is 0 Å². The van der Waals surface area contributed by atoms with Crippen molar-refractivity contribution < 1.29 is 22.7 Å². The van der Waals surface area contributed by atoms with E-state index in [2.05, 4.69) is 19.7 Å². The van der Waals surface area contributed by atoms with Gasteiger partial charge < -0.3 is 9.72 Å². The summed E-state index contributed by atoms with van der Waals surface area (Å²) >= 11 is 1.15. The number of esters is 1. The first-order valence-corrected chi connectivity index (χ1v) is 9.32. The van der Waals surface area contributed by atoms with E-state index in [0.717, 1.165) is 11.8 Å². The van der Waals surface area contributed by atoms with Gasteiger partial charge in [-0.25, -0.2) is 14.8 Å². The third kappa shape index (κ3) is 4.42. The molecule has 2 aromatic heterocycles. The molecule has 0 spiro atoms. The number of H-pyrrole nitrogens is 1. The van der Waals surface area contributed by atoms with E-state index in [0.29, 0.717) is 10.5 Å². The van der Waals surface area contributed by atoms with Crippen molar-refractivity contribution in [1.29, 1.82) is 0 Å². The van der Waals surface area contributed by atoms with Gasteiger partial charge in [0.1, 0.15) is 5.82 Å². The van der Waals surface area contributed by atoms with Crippen molar-refractivity contribution in [2.75, 3.05) is 7.11 Å². The molecule has 0 radical (unpaired) electrons. The van der Waals surface area contributed by atoms with Gasteiger partial charge in [-0.3, -0.25) is 4.79 Å². The SMILES string of the molecule is COC(=O)c1ccc(S[C@@H](C)c2cc3c(=O)[nH]c(C)nc3nc2C(F)(F)F)cc1. The number of thioether (sulfide) groups is 1. The minimum absolute atomic E-state index is 0.00732. The fourth-order valence-corrected chi connectivity index (χ4v) is 3.79. The second kappa shape index (κ2) is 7.86. The van der Waals surface area contributed by atoms with Crippen LogP contribution < -0.4 is 5.56 Å². The Hall–Kier alpha value is -2.88. The predicted molar refractivity (Wildman–Crippen MR) is 102 cm³/mol. The van der Waals surface area contributed by atoms with Crippen LogP contribution in [0, 0.1) is 6.92 Å². The summed E-state index contributed by atoms with van der Waals surface area (Å²) in [6, 6.07) is 7.49. The number of fused-ring (bicyclic) bond motifs is 1.